The second-order valence-corrected chi connectivity index (χ2v) is 6.42. The van der Waals surface area contributed by atoms with Crippen LogP contribution in [0, 0.1) is 0 Å². The second kappa shape index (κ2) is 8.44. The molecule has 0 aliphatic heterocycles. The molecular formula is C17H19F3N2O2S. The third kappa shape index (κ3) is 5.54. The summed E-state index contributed by atoms with van der Waals surface area (Å²) in [6.45, 7) is 1.19. The highest BCUT2D eigenvalue weighted by atomic mass is 32.1. The van der Waals surface area contributed by atoms with Crippen LogP contribution in [0.15, 0.2) is 29.6 Å². The Hall–Kier alpha value is -1.93. The van der Waals surface area contributed by atoms with Gasteiger partial charge in [0, 0.05) is 38.3 Å². The van der Waals surface area contributed by atoms with Crippen molar-refractivity contribution in [1.82, 2.24) is 9.88 Å². The van der Waals surface area contributed by atoms with E-state index in [0.717, 1.165) is 18.6 Å². The number of carbonyl (C=O) groups is 1. The Balaban J connectivity index is 1.99. The lowest BCUT2D eigenvalue weighted by atomic mass is 10.1. The van der Waals surface area contributed by atoms with Crippen molar-refractivity contribution in [2.24, 2.45) is 0 Å². The minimum absolute atomic E-state index is 0.0552. The maximum atomic E-state index is 12.6. The summed E-state index contributed by atoms with van der Waals surface area (Å²) in [5, 5.41) is 2.35. The maximum absolute atomic E-state index is 12.6. The second-order valence-electron chi connectivity index (χ2n) is 5.56. The number of methoxy groups -OCH3 is 1. The molecule has 1 heterocycles. The molecule has 0 aliphatic rings. The van der Waals surface area contributed by atoms with Crippen LogP contribution < -0.4 is 0 Å². The number of carbonyl (C=O) groups excluding carboxylic acids is 1. The fourth-order valence-corrected chi connectivity index (χ4v) is 3.01. The number of hydrogen-bond acceptors (Lipinski definition) is 4. The van der Waals surface area contributed by atoms with Crippen LogP contribution in [0.4, 0.5) is 13.2 Å². The van der Waals surface area contributed by atoms with Gasteiger partial charge in [0.15, 0.2) is 0 Å². The molecule has 1 aromatic carbocycles. The third-order valence-corrected chi connectivity index (χ3v) is 4.55. The van der Waals surface area contributed by atoms with Crippen LogP contribution in [0.25, 0.3) is 10.6 Å². The number of benzene rings is 1. The van der Waals surface area contributed by atoms with Crippen molar-refractivity contribution in [1.29, 1.82) is 0 Å². The Morgan fingerprint density at radius 3 is 2.56 bits per heavy atom. The molecule has 0 saturated heterocycles. The van der Waals surface area contributed by atoms with Crippen LogP contribution in [0.1, 0.15) is 17.7 Å². The summed E-state index contributed by atoms with van der Waals surface area (Å²) in [4.78, 5) is 18.1. The zero-order chi connectivity index (χ0) is 18.4. The molecule has 0 spiro atoms. The van der Waals surface area contributed by atoms with E-state index in [1.807, 2.05) is 0 Å². The van der Waals surface area contributed by atoms with Crippen molar-refractivity contribution in [2.75, 3.05) is 27.3 Å². The van der Waals surface area contributed by atoms with Gasteiger partial charge in [0.2, 0.25) is 5.91 Å². The molecule has 25 heavy (non-hydrogen) atoms. The molecule has 0 atom stereocenters. The molecule has 136 valence electrons. The lowest BCUT2D eigenvalue weighted by molar-refractivity contribution is -0.137. The number of hydrogen-bond donors (Lipinski definition) is 0. The molecule has 0 saturated carbocycles. The van der Waals surface area contributed by atoms with E-state index in [4.69, 9.17) is 4.74 Å². The van der Waals surface area contributed by atoms with E-state index in [1.165, 1.54) is 23.5 Å². The summed E-state index contributed by atoms with van der Waals surface area (Å²) in [5.74, 6) is -0.0552. The van der Waals surface area contributed by atoms with Crippen molar-refractivity contribution >= 4 is 17.2 Å². The zero-order valence-corrected chi connectivity index (χ0v) is 14.8. The monoisotopic (exact) mass is 372 g/mol. The van der Waals surface area contributed by atoms with Gasteiger partial charge < -0.3 is 9.64 Å². The number of amides is 1. The van der Waals surface area contributed by atoms with Gasteiger partial charge in [-0.05, 0) is 18.6 Å². The van der Waals surface area contributed by atoms with Crippen molar-refractivity contribution in [3.05, 3.63) is 40.9 Å². The molecule has 2 rings (SSSR count). The minimum atomic E-state index is -4.35. The van der Waals surface area contributed by atoms with Crippen molar-refractivity contribution in [3.8, 4) is 10.6 Å². The van der Waals surface area contributed by atoms with Gasteiger partial charge in [-0.15, -0.1) is 11.3 Å². The van der Waals surface area contributed by atoms with Gasteiger partial charge in [-0.3, -0.25) is 4.79 Å². The quantitative estimate of drug-likeness (QED) is 0.693. The molecule has 0 bridgehead atoms. The minimum Gasteiger partial charge on any atom is -0.385 e. The number of aromatic nitrogens is 1. The van der Waals surface area contributed by atoms with E-state index in [2.05, 4.69) is 4.98 Å². The third-order valence-electron chi connectivity index (χ3n) is 3.61. The molecule has 1 aromatic heterocycles. The predicted octanol–water partition coefficient (Wildman–Crippen LogP) is 3.87. The van der Waals surface area contributed by atoms with Gasteiger partial charge >= 0.3 is 6.18 Å². The molecule has 0 fully saturated rings. The molecule has 4 nitrogen and oxygen atoms in total. The van der Waals surface area contributed by atoms with Gasteiger partial charge in [-0.1, -0.05) is 12.1 Å². The summed E-state index contributed by atoms with van der Waals surface area (Å²) in [6.07, 6.45) is -3.43. The number of ether oxygens (including phenoxy) is 1. The number of nitrogens with zero attached hydrogens (tertiary/aromatic N) is 2. The fraction of sp³-hybridized carbons (Fsp3) is 0.412. The van der Waals surface area contributed by atoms with Crippen LogP contribution in [0.2, 0.25) is 0 Å². The Labute approximate surface area is 148 Å². The van der Waals surface area contributed by atoms with E-state index in [1.54, 1.807) is 24.4 Å². The number of thiazole rings is 1. The summed E-state index contributed by atoms with van der Waals surface area (Å²) >= 11 is 1.31. The average Bonchev–Trinajstić information content (AvgIpc) is 3.02. The van der Waals surface area contributed by atoms with Gasteiger partial charge in [-0.2, -0.15) is 13.2 Å². The first-order valence-electron chi connectivity index (χ1n) is 7.66. The lowest BCUT2D eigenvalue weighted by Gasteiger charge is -2.16. The number of rotatable bonds is 7. The van der Waals surface area contributed by atoms with Crippen molar-refractivity contribution in [3.63, 3.8) is 0 Å². The fourth-order valence-electron chi connectivity index (χ4n) is 2.18. The van der Waals surface area contributed by atoms with Gasteiger partial charge in [0.1, 0.15) is 5.01 Å². The number of halogens is 3. The van der Waals surface area contributed by atoms with Crippen molar-refractivity contribution in [2.45, 2.75) is 19.0 Å². The molecule has 0 radical (unpaired) electrons. The van der Waals surface area contributed by atoms with Crippen LogP contribution >= 0.6 is 11.3 Å². The van der Waals surface area contributed by atoms with Crippen LogP contribution in [-0.4, -0.2) is 43.1 Å². The molecule has 0 aliphatic carbocycles. The Bertz CT molecular complexity index is 699. The Morgan fingerprint density at radius 1 is 1.28 bits per heavy atom. The molecule has 8 heteroatoms. The van der Waals surface area contributed by atoms with Gasteiger partial charge in [0.25, 0.3) is 0 Å². The number of alkyl halides is 3. The van der Waals surface area contributed by atoms with Crippen molar-refractivity contribution < 1.29 is 22.7 Å². The summed E-state index contributed by atoms with van der Waals surface area (Å²) in [6, 6.07) is 4.85. The highest BCUT2D eigenvalue weighted by molar-refractivity contribution is 7.13. The van der Waals surface area contributed by atoms with E-state index < -0.39 is 11.7 Å². The van der Waals surface area contributed by atoms with E-state index in [0.29, 0.717) is 29.4 Å². The van der Waals surface area contributed by atoms with Gasteiger partial charge in [-0.25, -0.2) is 4.98 Å². The Morgan fingerprint density at radius 2 is 1.96 bits per heavy atom. The highest BCUT2D eigenvalue weighted by Gasteiger charge is 2.30. The van der Waals surface area contributed by atoms with E-state index in [9.17, 15) is 18.0 Å². The average molecular weight is 372 g/mol. The first-order valence-corrected chi connectivity index (χ1v) is 8.54. The first-order chi connectivity index (χ1) is 11.8. The molecule has 0 unspecified atom stereocenters. The Kier molecular flexibility index (Phi) is 6.55. The normalized spacial score (nSPS) is 11.6. The SMILES string of the molecule is COCCCN(C)C(=O)Cc1csc(-c2ccc(C(F)(F)F)cc2)n1. The number of likely N-dealkylation sites (N-methyl/N-ethyl adjacent to an activating group) is 1. The molecule has 0 N–H and O–H groups in total. The topological polar surface area (TPSA) is 42.4 Å². The van der Waals surface area contributed by atoms with Crippen LogP contribution in [-0.2, 0) is 22.1 Å². The summed E-state index contributed by atoms with van der Waals surface area (Å²) in [5.41, 5.74) is 0.523. The zero-order valence-electron chi connectivity index (χ0n) is 14.0. The van der Waals surface area contributed by atoms with Gasteiger partial charge in [0.05, 0.1) is 17.7 Å². The maximum Gasteiger partial charge on any atom is 0.416 e. The standard InChI is InChI=1S/C17H19F3N2O2S/c1-22(8-3-9-24-2)15(23)10-14-11-25-16(21-14)12-4-6-13(7-5-12)17(18,19)20/h4-7,11H,3,8-10H2,1-2H3. The predicted molar refractivity (Wildman–Crippen MR) is 90.4 cm³/mol. The smallest absolute Gasteiger partial charge is 0.385 e. The lowest BCUT2D eigenvalue weighted by Crippen LogP contribution is -2.29. The summed E-state index contributed by atoms with van der Waals surface area (Å²) < 4.78 is 42.7. The van der Waals surface area contributed by atoms with Crippen LogP contribution in [0.5, 0.6) is 0 Å². The van der Waals surface area contributed by atoms with E-state index >= 15 is 0 Å². The largest absolute Gasteiger partial charge is 0.416 e. The summed E-state index contributed by atoms with van der Waals surface area (Å²) in [7, 11) is 3.33. The van der Waals surface area contributed by atoms with Crippen LogP contribution in [0.3, 0.4) is 0 Å². The first kappa shape index (κ1) is 19.4. The molecular weight excluding hydrogens is 353 g/mol. The highest BCUT2D eigenvalue weighted by Crippen LogP contribution is 2.31. The molecule has 2 aromatic rings. The van der Waals surface area contributed by atoms with E-state index in [-0.39, 0.29) is 12.3 Å². The molecule has 1 amide bonds.